The first-order chi connectivity index (χ1) is 26.5. The molecule has 2 aliphatic rings. The molecule has 260 valence electrons. The predicted octanol–water partition coefficient (Wildman–Crippen LogP) is 14.5. The van der Waals surface area contributed by atoms with E-state index in [4.69, 9.17) is 9.15 Å². The highest BCUT2D eigenvalue weighted by atomic mass is 16.5. The minimum atomic E-state index is 0.745. The van der Waals surface area contributed by atoms with Gasteiger partial charge >= 0.3 is 0 Å². The first kappa shape index (κ1) is 33.2. The quantitative estimate of drug-likeness (QED) is 0.128. The standard InChI is InChI=1S/C52H40O2/c1-34(35(2)27-28-41-30-40-29-38-31-47-42-19-15-16-24-48(42)54-50(47)33-39(38)32-49(40)53-41)25-26-36(3)51-43-20-11-13-22-45(43)52(46-23-14-12-21-44(46)51)37-17-9-7-5-4-6-8-10-18-37/h4-5,7-16,18-29,31-33H,1,3,6,17,30H2,2H3/b5-4-,9-7-,10-8-,26-25-,35-27+,37-18?,41-28+. The average molecular weight is 697 g/mol. The smallest absolute Gasteiger partial charge is 0.136 e. The molecule has 0 saturated carbocycles. The molecule has 0 bridgehead atoms. The van der Waals surface area contributed by atoms with Gasteiger partial charge in [0.15, 0.2) is 0 Å². The van der Waals surface area contributed by atoms with E-state index in [2.05, 4.69) is 172 Å². The van der Waals surface area contributed by atoms with Crippen LogP contribution in [0.1, 0.15) is 36.5 Å². The van der Waals surface area contributed by atoms with Crippen molar-refractivity contribution in [3.63, 3.8) is 0 Å². The third kappa shape index (κ3) is 6.16. The van der Waals surface area contributed by atoms with Crippen molar-refractivity contribution in [3.05, 3.63) is 211 Å². The number of fused-ring (bicyclic) bond motifs is 7. The maximum Gasteiger partial charge on any atom is 0.136 e. The largest absolute Gasteiger partial charge is 0.461 e. The van der Waals surface area contributed by atoms with Crippen LogP contribution >= 0.6 is 0 Å². The zero-order valence-electron chi connectivity index (χ0n) is 30.4. The fraction of sp³-hybridized carbons (Fsp3) is 0.0769. The first-order valence-electron chi connectivity index (χ1n) is 18.6. The van der Waals surface area contributed by atoms with Gasteiger partial charge < -0.3 is 9.15 Å². The summed E-state index contributed by atoms with van der Waals surface area (Å²) in [6, 6.07) is 34.4. The second kappa shape index (κ2) is 14.1. The van der Waals surface area contributed by atoms with Crippen LogP contribution in [0.15, 0.2) is 198 Å². The molecule has 0 saturated heterocycles. The van der Waals surface area contributed by atoms with E-state index in [0.717, 1.165) is 80.4 Å². The highest BCUT2D eigenvalue weighted by Crippen LogP contribution is 2.42. The number of benzene rings is 6. The average Bonchev–Trinajstić information content (AvgIpc) is 3.77. The lowest BCUT2D eigenvalue weighted by molar-refractivity contribution is 0.447. The van der Waals surface area contributed by atoms with Gasteiger partial charge in [-0.2, -0.15) is 0 Å². The zero-order valence-corrected chi connectivity index (χ0v) is 30.4. The Bertz CT molecular complexity index is 2850. The Morgan fingerprint density at radius 3 is 2.15 bits per heavy atom. The maximum atomic E-state index is 6.34. The van der Waals surface area contributed by atoms with Gasteiger partial charge in [0, 0.05) is 22.8 Å². The molecule has 0 radical (unpaired) electrons. The van der Waals surface area contributed by atoms with Crippen molar-refractivity contribution in [2.75, 3.05) is 0 Å². The third-order valence-corrected chi connectivity index (χ3v) is 10.6. The highest BCUT2D eigenvalue weighted by molar-refractivity contribution is 6.17. The van der Waals surface area contributed by atoms with E-state index in [1.165, 1.54) is 43.6 Å². The van der Waals surface area contributed by atoms with Crippen molar-refractivity contribution in [1.29, 1.82) is 0 Å². The molecular formula is C52H40O2. The van der Waals surface area contributed by atoms with Crippen LogP contribution in [0.5, 0.6) is 5.75 Å². The number of hydrogen-bond acceptors (Lipinski definition) is 2. The van der Waals surface area contributed by atoms with Crippen LogP contribution in [0.2, 0.25) is 0 Å². The van der Waals surface area contributed by atoms with Crippen molar-refractivity contribution in [3.8, 4) is 5.75 Å². The molecule has 54 heavy (non-hydrogen) atoms. The van der Waals surface area contributed by atoms with E-state index in [1.807, 2.05) is 12.1 Å². The van der Waals surface area contributed by atoms with Gasteiger partial charge in [-0.25, -0.2) is 0 Å². The Labute approximate surface area is 316 Å². The van der Waals surface area contributed by atoms with E-state index >= 15 is 0 Å². The SMILES string of the molecule is C=C(/C=C\C(=C)c1c2ccccc2c(C2=C/C=C\C/C=C\C=C/C2)c2ccccc12)/C(C)=C/C=C1\Cc2cc3cc4c(cc3cc2O1)oc1ccccc14. The molecule has 0 unspecified atom stereocenters. The van der Waals surface area contributed by atoms with Crippen molar-refractivity contribution >= 4 is 65.4 Å². The fourth-order valence-corrected chi connectivity index (χ4v) is 7.82. The molecule has 0 atom stereocenters. The zero-order chi connectivity index (χ0) is 36.6. The Kier molecular flexibility index (Phi) is 8.65. The molecule has 0 spiro atoms. The molecule has 0 fully saturated rings. The Balaban J connectivity index is 0.978. The summed E-state index contributed by atoms with van der Waals surface area (Å²) in [5.41, 5.74) is 9.66. The molecule has 0 amide bonds. The molecule has 2 heterocycles. The molecular weight excluding hydrogens is 657 g/mol. The number of hydrogen-bond donors (Lipinski definition) is 0. The summed E-state index contributed by atoms with van der Waals surface area (Å²) < 4.78 is 12.5. The fourth-order valence-electron chi connectivity index (χ4n) is 7.82. The van der Waals surface area contributed by atoms with Gasteiger partial charge in [-0.3, -0.25) is 0 Å². The molecule has 1 aromatic heterocycles. The minimum absolute atomic E-state index is 0.745. The lowest BCUT2D eigenvalue weighted by Gasteiger charge is -2.19. The van der Waals surface area contributed by atoms with Crippen molar-refractivity contribution in [1.82, 2.24) is 0 Å². The minimum Gasteiger partial charge on any atom is -0.461 e. The molecule has 9 rings (SSSR count). The molecule has 1 aliphatic carbocycles. The molecule has 6 aromatic carbocycles. The highest BCUT2D eigenvalue weighted by Gasteiger charge is 2.20. The predicted molar refractivity (Wildman–Crippen MR) is 231 cm³/mol. The molecule has 2 nitrogen and oxygen atoms in total. The summed E-state index contributed by atoms with van der Waals surface area (Å²) in [5, 5.41) is 9.43. The normalized spacial score (nSPS) is 17.3. The van der Waals surface area contributed by atoms with E-state index in [0.29, 0.717) is 0 Å². The summed E-state index contributed by atoms with van der Waals surface area (Å²) in [7, 11) is 0. The Morgan fingerprint density at radius 2 is 1.35 bits per heavy atom. The van der Waals surface area contributed by atoms with Crippen molar-refractivity contribution in [2.45, 2.75) is 26.2 Å². The molecule has 7 aromatic rings. The van der Waals surface area contributed by atoms with Gasteiger partial charge in [-0.05, 0) is 122 Å². The van der Waals surface area contributed by atoms with E-state index in [-0.39, 0.29) is 0 Å². The lowest BCUT2D eigenvalue weighted by atomic mass is 9.85. The lowest BCUT2D eigenvalue weighted by Crippen LogP contribution is -1.95. The van der Waals surface area contributed by atoms with Gasteiger partial charge in [0.05, 0.1) is 0 Å². The molecule has 1 aliphatic heterocycles. The van der Waals surface area contributed by atoms with Crippen molar-refractivity contribution in [2.24, 2.45) is 0 Å². The number of rotatable bonds is 6. The van der Waals surface area contributed by atoms with Crippen LogP contribution in [0.25, 0.3) is 65.4 Å². The number of para-hydroxylation sites is 1. The maximum absolute atomic E-state index is 6.34. The van der Waals surface area contributed by atoms with Crippen LogP contribution < -0.4 is 4.74 Å². The summed E-state index contributed by atoms with van der Waals surface area (Å²) in [6.07, 6.45) is 26.3. The summed E-state index contributed by atoms with van der Waals surface area (Å²) in [6.45, 7) is 11.1. The van der Waals surface area contributed by atoms with E-state index < -0.39 is 0 Å². The van der Waals surface area contributed by atoms with Crippen LogP contribution in [-0.4, -0.2) is 0 Å². The van der Waals surface area contributed by atoms with Crippen LogP contribution in [-0.2, 0) is 6.42 Å². The number of furan rings is 1. The second-order valence-electron chi connectivity index (χ2n) is 14.2. The van der Waals surface area contributed by atoms with E-state index in [9.17, 15) is 0 Å². The monoisotopic (exact) mass is 696 g/mol. The summed E-state index contributed by atoms with van der Waals surface area (Å²) in [5.74, 6) is 1.82. The Morgan fingerprint density at radius 1 is 0.667 bits per heavy atom. The number of allylic oxidation sites excluding steroid dienone is 16. The number of ether oxygens (including phenoxy) is 1. The second-order valence-corrected chi connectivity index (χ2v) is 14.2. The topological polar surface area (TPSA) is 22.4 Å². The van der Waals surface area contributed by atoms with Gasteiger partial charge in [0.25, 0.3) is 0 Å². The van der Waals surface area contributed by atoms with Gasteiger partial charge in [-0.15, -0.1) is 0 Å². The van der Waals surface area contributed by atoms with Gasteiger partial charge in [-0.1, -0.05) is 141 Å². The molecule has 2 heteroatoms. The van der Waals surface area contributed by atoms with E-state index in [1.54, 1.807) is 0 Å². The van der Waals surface area contributed by atoms with Crippen LogP contribution in [0.4, 0.5) is 0 Å². The third-order valence-electron chi connectivity index (χ3n) is 10.6. The van der Waals surface area contributed by atoms with Crippen LogP contribution in [0.3, 0.4) is 0 Å². The Hall–Kier alpha value is -6.64. The summed E-state index contributed by atoms with van der Waals surface area (Å²) in [4.78, 5) is 0. The summed E-state index contributed by atoms with van der Waals surface area (Å²) >= 11 is 0. The van der Waals surface area contributed by atoms with Crippen LogP contribution in [0, 0.1) is 0 Å². The van der Waals surface area contributed by atoms with Gasteiger partial charge in [0.2, 0.25) is 0 Å². The first-order valence-corrected chi connectivity index (χ1v) is 18.6. The van der Waals surface area contributed by atoms with Gasteiger partial charge in [0.1, 0.15) is 22.7 Å². The molecule has 0 N–H and O–H groups in total. The van der Waals surface area contributed by atoms with Crippen molar-refractivity contribution < 1.29 is 9.15 Å².